The van der Waals surface area contributed by atoms with Crippen LogP contribution in [0.15, 0.2) is 40.2 Å². The Morgan fingerprint density at radius 2 is 1.76 bits per heavy atom. The molecule has 33 heavy (non-hydrogen) atoms. The number of sulfonamides is 1. The fraction of sp³-hybridized carbons (Fsp3) is 0.680. The molecule has 0 saturated heterocycles. The highest BCUT2D eigenvalue weighted by Gasteiger charge is 2.48. The Kier molecular flexibility index (Phi) is 7.43. The van der Waals surface area contributed by atoms with Crippen molar-refractivity contribution in [3.8, 4) is 0 Å². The van der Waals surface area contributed by atoms with E-state index in [0.717, 1.165) is 38.5 Å². The maximum absolute atomic E-state index is 13.3. The molecule has 182 valence electrons. The molecule has 4 rings (SSSR count). The highest BCUT2D eigenvalue weighted by molar-refractivity contribution is 7.89. The minimum atomic E-state index is -3.55. The minimum Gasteiger partial charge on any atom is -0.369 e. The normalized spacial score (nSPS) is 29.3. The average Bonchev–Trinajstić information content (AvgIpc) is 3.02. The Bertz CT molecular complexity index is 959. The van der Waals surface area contributed by atoms with Gasteiger partial charge < -0.3 is 5.73 Å². The van der Waals surface area contributed by atoms with E-state index < -0.39 is 15.6 Å². The van der Waals surface area contributed by atoms with Crippen LogP contribution in [-0.4, -0.2) is 43.8 Å². The van der Waals surface area contributed by atoms with E-state index in [1.54, 1.807) is 31.3 Å². The molecule has 1 heterocycles. The first-order chi connectivity index (χ1) is 15.8. The number of aliphatic imine (C=N–C) groups is 1. The van der Waals surface area contributed by atoms with Gasteiger partial charge >= 0.3 is 0 Å². The van der Waals surface area contributed by atoms with E-state index in [1.165, 1.54) is 37.0 Å². The highest BCUT2D eigenvalue weighted by atomic mass is 32.2. The molecule has 3 atom stereocenters. The van der Waals surface area contributed by atoms with Crippen molar-refractivity contribution < 1.29 is 13.2 Å². The molecule has 2 saturated carbocycles. The Hall–Kier alpha value is -1.93. The van der Waals surface area contributed by atoms with Gasteiger partial charge in [-0.3, -0.25) is 9.69 Å². The quantitative estimate of drug-likeness (QED) is 0.598. The topological polar surface area (TPSA) is 105 Å². The van der Waals surface area contributed by atoms with Gasteiger partial charge in [0, 0.05) is 13.1 Å². The minimum absolute atomic E-state index is 0.00259. The molecule has 0 spiro atoms. The number of rotatable bonds is 8. The third-order valence-corrected chi connectivity index (χ3v) is 9.39. The first-order valence-electron chi connectivity index (χ1n) is 12.5. The first-order valence-corrected chi connectivity index (χ1v) is 14.0. The van der Waals surface area contributed by atoms with E-state index in [-0.39, 0.29) is 17.9 Å². The number of nitrogens with two attached hydrogens (primary N) is 1. The summed E-state index contributed by atoms with van der Waals surface area (Å²) in [6.07, 6.45) is 12.2. The van der Waals surface area contributed by atoms with Crippen molar-refractivity contribution in [2.75, 3.05) is 7.05 Å². The van der Waals surface area contributed by atoms with Crippen molar-refractivity contribution in [2.45, 2.75) is 93.5 Å². The van der Waals surface area contributed by atoms with E-state index in [1.807, 2.05) is 6.07 Å². The number of amides is 1. The molecule has 1 aromatic carbocycles. The largest absolute Gasteiger partial charge is 0.369 e. The van der Waals surface area contributed by atoms with E-state index in [2.05, 4.69) is 4.72 Å². The third-order valence-electron chi connectivity index (χ3n) is 7.85. The van der Waals surface area contributed by atoms with Gasteiger partial charge in [0.25, 0.3) is 5.91 Å². The summed E-state index contributed by atoms with van der Waals surface area (Å²) >= 11 is 0. The molecule has 3 aliphatic rings. The molecule has 1 aliphatic heterocycles. The molecule has 7 nitrogen and oxygen atoms in total. The summed E-state index contributed by atoms with van der Waals surface area (Å²) in [5.41, 5.74) is 5.31. The third kappa shape index (κ3) is 5.60. The number of nitrogens with zero attached hydrogens (tertiary/aromatic N) is 2. The maximum atomic E-state index is 13.3. The fourth-order valence-electron chi connectivity index (χ4n) is 6.02. The van der Waals surface area contributed by atoms with Crippen molar-refractivity contribution >= 4 is 21.9 Å². The number of carbonyl (C=O) groups excluding carboxylic acids is 1. The summed E-state index contributed by atoms with van der Waals surface area (Å²) in [5.74, 6) is 1.21. The first kappa shape index (κ1) is 24.2. The van der Waals surface area contributed by atoms with Crippen LogP contribution in [0.25, 0.3) is 0 Å². The van der Waals surface area contributed by atoms with Crippen molar-refractivity contribution in [3.05, 3.63) is 30.3 Å². The highest BCUT2D eigenvalue weighted by Crippen LogP contribution is 2.40. The number of hydrogen-bond acceptors (Lipinski definition) is 5. The number of guanidine groups is 1. The molecule has 0 radical (unpaired) electrons. The zero-order valence-corrected chi connectivity index (χ0v) is 20.5. The molecular formula is C25H38N4O3S. The van der Waals surface area contributed by atoms with Gasteiger partial charge in [-0.05, 0) is 56.1 Å². The summed E-state index contributed by atoms with van der Waals surface area (Å²) in [6, 6.07) is 8.39. The van der Waals surface area contributed by atoms with Crippen LogP contribution in [-0.2, 0) is 14.8 Å². The van der Waals surface area contributed by atoms with Gasteiger partial charge in [0.05, 0.1) is 4.90 Å². The predicted octanol–water partition coefficient (Wildman–Crippen LogP) is 3.80. The lowest BCUT2D eigenvalue weighted by molar-refractivity contribution is -0.131. The lowest BCUT2D eigenvalue weighted by atomic mass is 9.74. The second-order valence-electron chi connectivity index (χ2n) is 10.3. The molecule has 1 amide bonds. The van der Waals surface area contributed by atoms with Crippen LogP contribution in [0.1, 0.15) is 77.0 Å². The zero-order chi connectivity index (χ0) is 23.5. The van der Waals surface area contributed by atoms with Gasteiger partial charge in [-0.1, -0.05) is 63.1 Å². The molecule has 1 aromatic rings. The average molecular weight is 475 g/mol. The lowest BCUT2D eigenvalue weighted by Crippen LogP contribution is -2.45. The summed E-state index contributed by atoms with van der Waals surface area (Å²) in [7, 11) is -1.84. The van der Waals surface area contributed by atoms with Crippen molar-refractivity contribution in [1.29, 1.82) is 0 Å². The van der Waals surface area contributed by atoms with Crippen LogP contribution in [0.4, 0.5) is 0 Å². The smallest absolute Gasteiger partial charge is 0.257 e. The van der Waals surface area contributed by atoms with E-state index in [9.17, 15) is 13.2 Å². The number of carbonyl (C=O) groups is 1. The van der Waals surface area contributed by atoms with Crippen LogP contribution >= 0.6 is 0 Å². The number of nitrogens with one attached hydrogen (secondary N) is 1. The Balaban J connectivity index is 1.44. The molecule has 2 fully saturated rings. The summed E-state index contributed by atoms with van der Waals surface area (Å²) in [5, 5.41) is 0. The van der Waals surface area contributed by atoms with E-state index >= 15 is 0 Å². The zero-order valence-electron chi connectivity index (χ0n) is 19.7. The molecule has 0 aromatic heterocycles. The van der Waals surface area contributed by atoms with Crippen LogP contribution in [0.3, 0.4) is 0 Å². The van der Waals surface area contributed by atoms with Crippen LogP contribution in [0.5, 0.6) is 0 Å². The monoisotopic (exact) mass is 474 g/mol. The molecule has 0 bridgehead atoms. The van der Waals surface area contributed by atoms with Crippen LogP contribution in [0.2, 0.25) is 0 Å². The number of likely N-dealkylation sites (N-methyl/N-ethyl adjacent to an activating group) is 1. The maximum Gasteiger partial charge on any atom is 0.257 e. The van der Waals surface area contributed by atoms with Gasteiger partial charge in [-0.2, -0.15) is 0 Å². The summed E-state index contributed by atoms with van der Waals surface area (Å²) in [4.78, 5) is 19.8. The second kappa shape index (κ2) is 10.1. The fourth-order valence-corrected chi connectivity index (χ4v) is 7.33. The molecule has 3 N–H and O–H groups in total. The van der Waals surface area contributed by atoms with Crippen molar-refractivity contribution in [2.24, 2.45) is 22.6 Å². The Morgan fingerprint density at radius 3 is 2.42 bits per heavy atom. The summed E-state index contributed by atoms with van der Waals surface area (Å²) < 4.78 is 28.5. The van der Waals surface area contributed by atoms with Gasteiger partial charge in [-0.25, -0.2) is 18.1 Å². The van der Waals surface area contributed by atoms with Crippen LogP contribution in [0, 0.1) is 11.8 Å². The molecule has 8 heteroatoms. The van der Waals surface area contributed by atoms with Gasteiger partial charge in [-0.15, -0.1) is 0 Å². The standard InChI is InChI=1S/C25H38N4O3S/c1-29-23(30)25(27-24(29)26,16-15-19-9-4-2-5-10-19)18-20-11-8-12-21(17-20)28-33(31,32)22-13-6-3-7-14-22/h3,6-7,13-14,19-21,28H,2,4-5,8-12,15-18H2,1H3,(H2,26,27). The SMILES string of the molecule is CN1C(=O)C(CCC2CCCCC2)(CC2CCCC(NS(=O)(=O)c3ccccc3)C2)N=C1N. The molecular weight excluding hydrogens is 436 g/mol. The van der Waals surface area contributed by atoms with Crippen molar-refractivity contribution in [3.63, 3.8) is 0 Å². The van der Waals surface area contributed by atoms with Crippen LogP contribution < -0.4 is 10.5 Å². The summed E-state index contributed by atoms with van der Waals surface area (Å²) in [6.45, 7) is 0. The second-order valence-corrected chi connectivity index (χ2v) is 12.0. The Morgan fingerprint density at radius 1 is 1.06 bits per heavy atom. The number of hydrogen-bond donors (Lipinski definition) is 2. The van der Waals surface area contributed by atoms with Crippen molar-refractivity contribution in [1.82, 2.24) is 9.62 Å². The van der Waals surface area contributed by atoms with Gasteiger partial charge in [0.1, 0.15) is 5.54 Å². The van der Waals surface area contributed by atoms with Gasteiger partial charge in [0.15, 0.2) is 5.96 Å². The predicted molar refractivity (Wildman–Crippen MR) is 130 cm³/mol. The molecule has 3 unspecified atom stereocenters. The molecule has 2 aliphatic carbocycles. The Labute approximate surface area is 198 Å². The lowest BCUT2D eigenvalue weighted by Gasteiger charge is -2.35. The number of benzene rings is 1. The van der Waals surface area contributed by atoms with E-state index in [0.29, 0.717) is 23.2 Å². The van der Waals surface area contributed by atoms with E-state index in [4.69, 9.17) is 10.7 Å². The van der Waals surface area contributed by atoms with Gasteiger partial charge in [0.2, 0.25) is 10.0 Å².